The van der Waals surface area contributed by atoms with Crippen molar-refractivity contribution in [3.05, 3.63) is 12.2 Å². The summed E-state index contributed by atoms with van der Waals surface area (Å²) in [7, 11) is 0. The van der Waals surface area contributed by atoms with Gasteiger partial charge >= 0.3 is 5.97 Å². The van der Waals surface area contributed by atoms with Crippen LogP contribution in [0.4, 0.5) is 0 Å². The zero-order valence-electron chi connectivity index (χ0n) is 7.93. The first kappa shape index (κ1) is 9.40. The van der Waals surface area contributed by atoms with E-state index in [-0.39, 0.29) is 30.5 Å². The van der Waals surface area contributed by atoms with Gasteiger partial charge in [-0.3, -0.25) is 9.59 Å². The molecule has 3 atom stereocenters. The monoisotopic (exact) mass is 196 g/mol. The molecule has 1 fully saturated rings. The Morgan fingerprint density at radius 2 is 2.21 bits per heavy atom. The molecule has 2 heterocycles. The van der Waals surface area contributed by atoms with Crippen LogP contribution in [0.15, 0.2) is 12.2 Å². The number of ether oxygens (including phenoxy) is 2. The van der Waals surface area contributed by atoms with Gasteiger partial charge in [0.1, 0.15) is 18.6 Å². The third-order valence-electron chi connectivity index (χ3n) is 2.31. The number of hydrogen-bond acceptors (Lipinski definition) is 4. The SMILES string of the molecule is CC1CC2OC2/C=C/C(=O)CC(=O)O1. The highest BCUT2D eigenvalue weighted by Gasteiger charge is 2.38. The number of rotatable bonds is 0. The molecule has 0 aromatic rings. The quantitative estimate of drug-likeness (QED) is 0.323. The molecule has 0 radical (unpaired) electrons. The van der Waals surface area contributed by atoms with E-state index in [2.05, 4.69) is 0 Å². The molecule has 1 saturated heterocycles. The van der Waals surface area contributed by atoms with Crippen molar-refractivity contribution < 1.29 is 19.1 Å². The number of epoxide rings is 1. The predicted molar refractivity (Wildman–Crippen MR) is 47.6 cm³/mol. The van der Waals surface area contributed by atoms with E-state index in [9.17, 15) is 9.59 Å². The van der Waals surface area contributed by atoms with Crippen molar-refractivity contribution in [1.82, 2.24) is 0 Å². The molecule has 76 valence electrons. The fourth-order valence-electron chi connectivity index (χ4n) is 1.56. The first-order chi connectivity index (χ1) is 6.65. The molecule has 4 nitrogen and oxygen atoms in total. The number of allylic oxidation sites excluding steroid dienone is 1. The molecule has 2 aliphatic heterocycles. The Hall–Kier alpha value is -1.16. The van der Waals surface area contributed by atoms with Crippen LogP contribution in [-0.4, -0.2) is 30.1 Å². The number of hydrogen-bond donors (Lipinski definition) is 0. The van der Waals surface area contributed by atoms with E-state index in [1.807, 2.05) is 6.92 Å². The molecule has 0 bridgehead atoms. The van der Waals surface area contributed by atoms with Crippen LogP contribution in [-0.2, 0) is 19.1 Å². The van der Waals surface area contributed by atoms with Gasteiger partial charge in [0.05, 0.1) is 6.10 Å². The van der Waals surface area contributed by atoms with Gasteiger partial charge in [-0.05, 0) is 19.1 Å². The summed E-state index contributed by atoms with van der Waals surface area (Å²) in [6.07, 6.45) is 3.64. The summed E-state index contributed by atoms with van der Waals surface area (Å²) in [5, 5.41) is 0. The van der Waals surface area contributed by atoms with Crippen molar-refractivity contribution >= 4 is 11.8 Å². The van der Waals surface area contributed by atoms with Crippen LogP contribution in [0.3, 0.4) is 0 Å². The standard InChI is InChI=1S/C10H12O4/c1-6-4-9-8(14-9)3-2-7(11)5-10(12)13-6/h2-3,6,8-9H,4-5H2,1H3/b3-2+. The summed E-state index contributed by atoms with van der Waals surface area (Å²) < 4.78 is 10.3. The van der Waals surface area contributed by atoms with Gasteiger partial charge in [-0.2, -0.15) is 0 Å². The summed E-state index contributed by atoms with van der Waals surface area (Å²) >= 11 is 0. The van der Waals surface area contributed by atoms with E-state index in [1.165, 1.54) is 6.08 Å². The van der Waals surface area contributed by atoms with Crippen LogP contribution in [0.1, 0.15) is 19.8 Å². The summed E-state index contributed by atoms with van der Waals surface area (Å²) in [4.78, 5) is 22.3. The number of carbonyl (C=O) groups is 2. The number of cyclic esters (lactones) is 1. The first-order valence-corrected chi connectivity index (χ1v) is 4.71. The van der Waals surface area contributed by atoms with Crippen LogP contribution in [0.2, 0.25) is 0 Å². The minimum absolute atomic E-state index is 0.0400. The molecule has 0 amide bonds. The first-order valence-electron chi connectivity index (χ1n) is 4.71. The molecular weight excluding hydrogens is 184 g/mol. The Morgan fingerprint density at radius 1 is 1.43 bits per heavy atom. The lowest BCUT2D eigenvalue weighted by Gasteiger charge is -2.11. The van der Waals surface area contributed by atoms with Gasteiger partial charge < -0.3 is 9.47 Å². The van der Waals surface area contributed by atoms with E-state index in [4.69, 9.17) is 9.47 Å². The van der Waals surface area contributed by atoms with Crippen molar-refractivity contribution in [3.63, 3.8) is 0 Å². The Bertz CT molecular complexity index is 294. The topological polar surface area (TPSA) is 55.9 Å². The van der Waals surface area contributed by atoms with Crippen molar-refractivity contribution in [3.8, 4) is 0 Å². The highest BCUT2D eigenvalue weighted by molar-refractivity contribution is 6.02. The zero-order chi connectivity index (χ0) is 10.1. The van der Waals surface area contributed by atoms with Crippen molar-refractivity contribution in [2.75, 3.05) is 0 Å². The Labute approximate surface area is 81.9 Å². The number of ketones is 1. The largest absolute Gasteiger partial charge is 0.462 e. The maximum Gasteiger partial charge on any atom is 0.313 e. The fourth-order valence-corrected chi connectivity index (χ4v) is 1.56. The number of fused-ring (bicyclic) bond motifs is 1. The van der Waals surface area contributed by atoms with Gasteiger partial charge in [-0.15, -0.1) is 0 Å². The molecular formula is C10H12O4. The number of carbonyl (C=O) groups excluding carboxylic acids is 2. The van der Waals surface area contributed by atoms with Crippen LogP contribution in [0, 0.1) is 0 Å². The molecule has 3 unspecified atom stereocenters. The number of esters is 1. The van der Waals surface area contributed by atoms with Crippen LogP contribution < -0.4 is 0 Å². The maximum absolute atomic E-state index is 11.1. The summed E-state index contributed by atoms with van der Waals surface area (Å²) in [6.45, 7) is 1.81. The minimum atomic E-state index is -0.453. The summed E-state index contributed by atoms with van der Waals surface area (Å²) in [6, 6.07) is 0. The van der Waals surface area contributed by atoms with Crippen molar-refractivity contribution in [2.24, 2.45) is 0 Å². The van der Waals surface area contributed by atoms with E-state index >= 15 is 0 Å². The third-order valence-corrected chi connectivity index (χ3v) is 2.31. The Balaban J connectivity index is 2.05. The lowest BCUT2D eigenvalue weighted by atomic mass is 10.1. The second-order valence-electron chi connectivity index (χ2n) is 3.68. The Morgan fingerprint density at radius 3 is 3.00 bits per heavy atom. The molecule has 0 aliphatic carbocycles. The lowest BCUT2D eigenvalue weighted by Crippen LogP contribution is -2.20. The lowest BCUT2D eigenvalue weighted by molar-refractivity contribution is -0.149. The fraction of sp³-hybridized carbons (Fsp3) is 0.600. The van der Waals surface area contributed by atoms with Gasteiger partial charge in [0.25, 0.3) is 0 Å². The second-order valence-corrected chi connectivity index (χ2v) is 3.68. The molecule has 0 aromatic heterocycles. The summed E-state index contributed by atoms with van der Waals surface area (Å²) in [5.74, 6) is -0.676. The molecule has 2 aliphatic rings. The molecule has 14 heavy (non-hydrogen) atoms. The maximum atomic E-state index is 11.1. The van der Waals surface area contributed by atoms with Crippen molar-refractivity contribution in [2.45, 2.75) is 38.1 Å². The molecule has 0 saturated carbocycles. The third kappa shape index (κ3) is 2.20. The average Bonchev–Trinajstić information content (AvgIpc) is 2.78. The van der Waals surface area contributed by atoms with Crippen LogP contribution in [0.25, 0.3) is 0 Å². The average molecular weight is 196 g/mol. The van der Waals surface area contributed by atoms with E-state index < -0.39 is 5.97 Å². The van der Waals surface area contributed by atoms with Gasteiger partial charge in [0.15, 0.2) is 5.78 Å². The van der Waals surface area contributed by atoms with Crippen LogP contribution >= 0.6 is 0 Å². The Kier molecular flexibility index (Phi) is 2.37. The molecule has 0 aromatic carbocycles. The molecule has 0 spiro atoms. The molecule has 4 heteroatoms. The van der Waals surface area contributed by atoms with Gasteiger partial charge in [0, 0.05) is 6.42 Å². The highest BCUT2D eigenvalue weighted by Crippen LogP contribution is 2.29. The normalized spacial score (nSPS) is 39.6. The molecule has 0 N–H and O–H groups in total. The smallest absolute Gasteiger partial charge is 0.313 e. The van der Waals surface area contributed by atoms with Crippen LogP contribution in [0.5, 0.6) is 0 Å². The van der Waals surface area contributed by atoms with Gasteiger partial charge in [0.2, 0.25) is 0 Å². The van der Waals surface area contributed by atoms with Gasteiger partial charge in [-0.25, -0.2) is 0 Å². The van der Waals surface area contributed by atoms with E-state index in [0.717, 1.165) is 0 Å². The predicted octanol–water partition coefficient (Wildman–Crippen LogP) is 0.605. The second kappa shape index (κ2) is 3.53. The minimum Gasteiger partial charge on any atom is -0.462 e. The van der Waals surface area contributed by atoms with Crippen molar-refractivity contribution in [1.29, 1.82) is 0 Å². The van der Waals surface area contributed by atoms with E-state index in [1.54, 1.807) is 6.08 Å². The highest BCUT2D eigenvalue weighted by atomic mass is 16.6. The molecule has 2 rings (SSSR count). The van der Waals surface area contributed by atoms with Gasteiger partial charge in [-0.1, -0.05) is 0 Å². The van der Waals surface area contributed by atoms with E-state index in [0.29, 0.717) is 6.42 Å². The zero-order valence-corrected chi connectivity index (χ0v) is 7.93. The summed E-state index contributed by atoms with van der Waals surface area (Å²) in [5.41, 5.74) is 0.